The standard InChI is InChI=1S/C14H20N4OS/c1-20-13-4-2-3-12(11(13)7-15)17-5-6-18-10(9-17)8-16-14(18)19/h2-4,10H,5-9,15H2,1H3,(H,16,19). The molecule has 2 aliphatic heterocycles. The topological polar surface area (TPSA) is 61.6 Å². The van der Waals surface area contributed by atoms with E-state index in [0.717, 1.165) is 26.2 Å². The summed E-state index contributed by atoms with van der Waals surface area (Å²) in [5.41, 5.74) is 8.38. The van der Waals surface area contributed by atoms with Crippen molar-refractivity contribution in [1.82, 2.24) is 10.2 Å². The van der Waals surface area contributed by atoms with E-state index in [2.05, 4.69) is 34.7 Å². The number of nitrogens with zero attached hydrogens (tertiary/aromatic N) is 2. The molecular weight excluding hydrogens is 272 g/mol. The molecule has 0 spiro atoms. The second-order valence-corrected chi connectivity index (χ2v) is 5.99. The van der Waals surface area contributed by atoms with Crippen molar-refractivity contribution in [1.29, 1.82) is 0 Å². The van der Waals surface area contributed by atoms with Crippen molar-refractivity contribution in [2.75, 3.05) is 37.3 Å². The van der Waals surface area contributed by atoms with Gasteiger partial charge in [-0.05, 0) is 18.4 Å². The first-order valence-electron chi connectivity index (χ1n) is 6.90. The number of carbonyl (C=O) groups is 1. The number of hydrogen-bond donors (Lipinski definition) is 2. The van der Waals surface area contributed by atoms with Crippen LogP contribution >= 0.6 is 11.8 Å². The molecule has 3 rings (SSSR count). The Hall–Kier alpha value is -1.40. The summed E-state index contributed by atoms with van der Waals surface area (Å²) < 4.78 is 0. The molecule has 0 aliphatic carbocycles. The molecule has 108 valence electrons. The third kappa shape index (κ3) is 2.23. The highest BCUT2D eigenvalue weighted by molar-refractivity contribution is 7.98. The van der Waals surface area contributed by atoms with Crippen LogP contribution < -0.4 is 16.0 Å². The van der Waals surface area contributed by atoms with Gasteiger partial charge in [-0.3, -0.25) is 0 Å². The summed E-state index contributed by atoms with van der Waals surface area (Å²) in [5, 5.41) is 2.92. The van der Waals surface area contributed by atoms with Crippen LogP contribution in [-0.4, -0.2) is 49.4 Å². The van der Waals surface area contributed by atoms with Gasteiger partial charge in [0.1, 0.15) is 0 Å². The predicted molar refractivity (Wildman–Crippen MR) is 82.2 cm³/mol. The van der Waals surface area contributed by atoms with Gasteiger partial charge in [-0.25, -0.2) is 4.79 Å². The maximum Gasteiger partial charge on any atom is 0.317 e. The van der Waals surface area contributed by atoms with Gasteiger partial charge >= 0.3 is 6.03 Å². The van der Waals surface area contributed by atoms with Crippen LogP contribution in [0.15, 0.2) is 23.1 Å². The summed E-state index contributed by atoms with van der Waals surface area (Å²) in [5.74, 6) is 0. The van der Waals surface area contributed by atoms with Crippen LogP contribution in [-0.2, 0) is 6.54 Å². The fourth-order valence-electron chi connectivity index (χ4n) is 3.07. The predicted octanol–water partition coefficient (Wildman–Crippen LogP) is 1.08. The lowest BCUT2D eigenvalue weighted by molar-refractivity contribution is 0.197. The maximum absolute atomic E-state index is 11.6. The number of amides is 2. The van der Waals surface area contributed by atoms with Crippen molar-refractivity contribution in [3.05, 3.63) is 23.8 Å². The molecule has 0 radical (unpaired) electrons. The van der Waals surface area contributed by atoms with Gasteiger partial charge in [-0.1, -0.05) is 6.07 Å². The summed E-state index contributed by atoms with van der Waals surface area (Å²) in [6.07, 6.45) is 2.08. The summed E-state index contributed by atoms with van der Waals surface area (Å²) in [4.78, 5) is 17.2. The third-order valence-electron chi connectivity index (χ3n) is 4.11. The zero-order valence-electron chi connectivity index (χ0n) is 11.6. The first kappa shape index (κ1) is 13.6. The van der Waals surface area contributed by atoms with Crippen LogP contribution in [0.2, 0.25) is 0 Å². The normalized spacial score (nSPS) is 21.9. The minimum Gasteiger partial charge on any atom is -0.367 e. The largest absolute Gasteiger partial charge is 0.367 e. The Kier molecular flexibility index (Phi) is 3.76. The molecule has 0 bridgehead atoms. The molecule has 1 atom stereocenters. The highest BCUT2D eigenvalue weighted by atomic mass is 32.2. The van der Waals surface area contributed by atoms with Gasteiger partial charge in [-0.2, -0.15) is 0 Å². The van der Waals surface area contributed by atoms with Gasteiger partial charge in [0.2, 0.25) is 0 Å². The zero-order chi connectivity index (χ0) is 14.1. The SMILES string of the molecule is CSc1cccc(N2CCN3C(=O)NCC3C2)c1CN. The number of thioether (sulfide) groups is 1. The van der Waals surface area contributed by atoms with Gasteiger partial charge < -0.3 is 20.9 Å². The quantitative estimate of drug-likeness (QED) is 0.819. The summed E-state index contributed by atoms with van der Waals surface area (Å²) in [7, 11) is 0. The number of hydrogen-bond acceptors (Lipinski definition) is 4. The summed E-state index contributed by atoms with van der Waals surface area (Å²) >= 11 is 1.73. The van der Waals surface area contributed by atoms with Crippen LogP contribution in [0.1, 0.15) is 5.56 Å². The minimum atomic E-state index is 0.0755. The van der Waals surface area contributed by atoms with Crippen LogP contribution in [0, 0.1) is 0 Å². The molecule has 6 heteroatoms. The second-order valence-electron chi connectivity index (χ2n) is 5.14. The minimum absolute atomic E-state index is 0.0755. The number of carbonyl (C=O) groups excluding carboxylic acids is 1. The van der Waals surface area contributed by atoms with Gasteiger partial charge in [0, 0.05) is 48.9 Å². The number of nitrogens with one attached hydrogen (secondary N) is 1. The number of fused-ring (bicyclic) bond motifs is 1. The lowest BCUT2D eigenvalue weighted by Crippen LogP contribution is -2.52. The van der Waals surface area contributed by atoms with Crippen LogP contribution in [0.25, 0.3) is 0 Å². The van der Waals surface area contributed by atoms with Crippen LogP contribution in [0.3, 0.4) is 0 Å². The lowest BCUT2D eigenvalue weighted by atomic mass is 10.1. The molecule has 0 aromatic heterocycles. The Morgan fingerprint density at radius 3 is 3.05 bits per heavy atom. The van der Waals surface area contributed by atoms with E-state index in [-0.39, 0.29) is 12.1 Å². The zero-order valence-corrected chi connectivity index (χ0v) is 12.4. The first-order chi connectivity index (χ1) is 9.74. The molecule has 2 aliphatic rings. The van der Waals surface area contributed by atoms with Crippen molar-refractivity contribution >= 4 is 23.5 Å². The van der Waals surface area contributed by atoms with E-state index in [1.54, 1.807) is 11.8 Å². The van der Waals surface area contributed by atoms with Crippen LogP contribution in [0.4, 0.5) is 10.5 Å². The number of piperazine rings is 1. The molecule has 2 saturated heterocycles. The Labute approximate surface area is 123 Å². The Morgan fingerprint density at radius 2 is 2.30 bits per heavy atom. The number of anilines is 1. The van der Waals surface area contributed by atoms with E-state index < -0.39 is 0 Å². The summed E-state index contributed by atoms with van der Waals surface area (Å²) in [6, 6.07) is 6.70. The molecule has 2 fully saturated rings. The Balaban J connectivity index is 1.85. The third-order valence-corrected chi connectivity index (χ3v) is 4.93. The fourth-order valence-corrected chi connectivity index (χ4v) is 3.72. The van der Waals surface area contributed by atoms with E-state index in [1.807, 2.05) is 4.90 Å². The second kappa shape index (κ2) is 5.54. The van der Waals surface area contributed by atoms with E-state index in [1.165, 1.54) is 16.1 Å². The Morgan fingerprint density at radius 1 is 1.45 bits per heavy atom. The van der Waals surface area contributed by atoms with Crippen molar-refractivity contribution in [3.8, 4) is 0 Å². The van der Waals surface area contributed by atoms with E-state index >= 15 is 0 Å². The summed E-state index contributed by atoms with van der Waals surface area (Å²) in [6.45, 7) is 3.83. The van der Waals surface area contributed by atoms with Gasteiger partial charge in [0.25, 0.3) is 0 Å². The fraction of sp³-hybridized carbons (Fsp3) is 0.500. The first-order valence-corrected chi connectivity index (χ1v) is 8.12. The molecule has 1 aromatic rings. The van der Waals surface area contributed by atoms with E-state index in [9.17, 15) is 4.79 Å². The highest BCUT2D eigenvalue weighted by Crippen LogP contribution is 2.31. The molecule has 5 nitrogen and oxygen atoms in total. The monoisotopic (exact) mass is 292 g/mol. The maximum atomic E-state index is 11.6. The molecule has 3 N–H and O–H groups in total. The average molecular weight is 292 g/mol. The van der Waals surface area contributed by atoms with Crippen LogP contribution in [0.5, 0.6) is 0 Å². The molecule has 2 heterocycles. The van der Waals surface area contributed by atoms with E-state index in [4.69, 9.17) is 5.73 Å². The number of nitrogens with two attached hydrogens (primary N) is 1. The highest BCUT2D eigenvalue weighted by Gasteiger charge is 2.35. The molecule has 0 saturated carbocycles. The molecule has 1 aromatic carbocycles. The lowest BCUT2D eigenvalue weighted by Gasteiger charge is -2.38. The van der Waals surface area contributed by atoms with Crippen molar-refractivity contribution in [3.63, 3.8) is 0 Å². The van der Waals surface area contributed by atoms with Gasteiger partial charge in [-0.15, -0.1) is 11.8 Å². The van der Waals surface area contributed by atoms with Gasteiger partial charge in [0.05, 0.1) is 6.04 Å². The van der Waals surface area contributed by atoms with Crippen molar-refractivity contribution < 1.29 is 4.79 Å². The van der Waals surface area contributed by atoms with Crippen molar-refractivity contribution in [2.24, 2.45) is 5.73 Å². The Bertz CT molecular complexity index is 522. The van der Waals surface area contributed by atoms with E-state index in [0.29, 0.717) is 6.54 Å². The molecule has 2 amide bonds. The van der Waals surface area contributed by atoms with Gasteiger partial charge in [0.15, 0.2) is 0 Å². The average Bonchev–Trinajstić information content (AvgIpc) is 2.87. The molecule has 1 unspecified atom stereocenters. The molecular formula is C14H20N4OS. The number of rotatable bonds is 3. The number of benzene rings is 1. The smallest absolute Gasteiger partial charge is 0.317 e. The molecule has 20 heavy (non-hydrogen) atoms. The van der Waals surface area contributed by atoms with Crippen molar-refractivity contribution in [2.45, 2.75) is 17.5 Å². The number of urea groups is 1.